The van der Waals surface area contributed by atoms with Gasteiger partial charge in [0.25, 0.3) is 0 Å². The normalized spacial score (nSPS) is 13.5. The van der Waals surface area contributed by atoms with Gasteiger partial charge in [0.2, 0.25) is 11.8 Å². The van der Waals surface area contributed by atoms with Gasteiger partial charge < -0.3 is 26.2 Å². The first-order chi connectivity index (χ1) is 14.9. The van der Waals surface area contributed by atoms with Crippen LogP contribution in [0.4, 0.5) is 4.79 Å². The monoisotopic (exact) mass is 427 g/mol. The van der Waals surface area contributed by atoms with Crippen molar-refractivity contribution in [1.29, 1.82) is 0 Å². The number of amides is 3. The van der Waals surface area contributed by atoms with Crippen molar-refractivity contribution in [2.75, 3.05) is 0 Å². The molecule has 0 heterocycles. The number of aryl methyl sites for hydroxylation is 1. The summed E-state index contributed by atoms with van der Waals surface area (Å²) in [6.45, 7) is 1.38. The molecule has 0 aliphatic rings. The number of benzene rings is 2. The van der Waals surface area contributed by atoms with Gasteiger partial charge in [-0.25, -0.2) is 4.79 Å². The maximum atomic E-state index is 12.6. The number of nitrogens with two attached hydrogens (primary N) is 1. The minimum atomic E-state index is -1.29. The summed E-state index contributed by atoms with van der Waals surface area (Å²) in [5, 5.41) is 14.8. The van der Waals surface area contributed by atoms with Gasteiger partial charge in [-0.05, 0) is 37.3 Å². The number of hydrogen-bond acceptors (Lipinski definition) is 5. The van der Waals surface area contributed by atoms with Crippen molar-refractivity contribution < 1.29 is 24.2 Å². The van der Waals surface area contributed by atoms with Gasteiger partial charge in [0, 0.05) is 0 Å². The molecular formula is C23H29N3O5. The predicted molar refractivity (Wildman–Crippen MR) is 116 cm³/mol. The number of ether oxygens (including phenoxy) is 1. The van der Waals surface area contributed by atoms with Gasteiger partial charge in [-0.2, -0.15) is 0 Å². The van der Waals surface area contributed by atoms with E-state index in [-0.39, 0.29) is 6.61 Å². The van der Waals surface area contributed by atoms with E-state index in [0.29, 0.717) is 12.8 Å². The van der Waals surface area contributed by atoms with E-state index in [4.69, 9.17) is 10.5 Å². The van der Waals surface area contributed by atoms with Crippen molar-refractivity contribution in [3.05, 3.63) is 71.8 Å². The summed E-state index contributed by atoms with van der Waals surface area (Å²) in [5.74, 6) is -1.40. The third-order valence-corrected chi connectivity index (χ3v) is 4.71. The fourth-order valence-electron chi connectivity index (χ4n) is 3.00. The van der Waals surface area contributed by atoms with Crippen LogP contribution >= 0.6 is 0 Å². The third kappa shape index (κ3) is 8.47. The Morgan fingerprint density at radius 2 is 1.55 bits per heavy atom. The highest BCUT2D eigenvalue weighted by atomic mass is 16.5. The Labute approximate surface area is 181 Å². The molecule has 0 saturated carbocycles. The summed E-state index contributed by atoms with van der Waals surface area (Å²) in [4.78, 5) is 36.4. The molecule has 0 aromatic heterocycles. The highest BCUT2D eigenvalue weighted by Crippen LogP contribution is 2.08. The van der Waals surface area contributed by atoms with Gasteiger partial charge in [0.15, 0.2) is 0 Å². The standard InChI is InChI=1S/C23H29N3O5/c1-16(27)20(26-23(30)31-15-18-11-6-3-7-12-18)22(29)25-19(21(24)28)14-8-13-17-9-4-2-5-10-17/h2-7,9-12,16,19-20,27H,8,13-15H2,1H3,(H2,24,28)(H,25,29)(H,26,30)/t16-,19-,20+/m1/s1. The lowest BCUT2D eigenvalue weighted by atomic mass is 10.0. The van der Waals surface area contributed by atoms with E-state index in [2.05, 4.69) is 10.6 Å². The van der Waals surface area contributed by atoms with Crippen LogP contribution in [0.2, 0.25) is 0 Å². The van der Waals surface area contributed by atoms with Crippen molar-refractivity contribution in [2.24, 2.45) is 5.73 Å². The highest BCUT2D eigenvalue weighted by Gasteiger charge is 2.29. The first-order valence-electron chi connectivity index (χ1n) is 10.2. The van der Waals surface area contributed by atoms with Crippen molar-refractivity contribution in [2.45, 2.75) is 51.0 Å². The fraction of sp³-hybridized carbons (Fsp3) is 0.348. The summed E-state index contributed by atoms with van der Waals surface area (Å²) in [7, 11) is 0. The molecule has 2 aromatic carbocycles. The SMILES string of the molecule is C[C@@H](O)[C@H](NC(=O)OCc1ccccc1)C(=O)N[C@H](CCCc1ccccc1)C(N)=O. The lowest BCUT2D eigenvalue weighted by molar-refractivity contribution is -0.130. The van der Waals surface area contributed by atoms with Gasteiger partial charge >= 0.3 is 6.09 Å². The van der Waals surface area contributed by atoms with E-state index in [1.54, 1.807) is 12.1 Å². The minimum absolute atomic E-state index is 0.0181. The largest absolute Gasteiger partial charge is 0.445 e. The van der Waals surface area contributed by atoms with E-state index in [1.807, 2.05) is 48.5 Å². The zero-order chi connectivity index (χ0) is 22.6. The van der Waals surface area contributed by atoms with E-state index in [0.717, 1.165) is 17.5 Å². The number of primary amides is 1. The molecule has 0 saturated heterocycles. The molecular weight excluding hydrogens is 398 g/mol. The average Bonchev–Trinajstić information content (AvgIpc) is 2.76. The number of alkyl carbamates (subject to hydrolysis) is 1. The first-order valence-corrected chi connectivity index (χ1v) is 10.2. The van der Waals surface area contributed by atoms with E-state index < -0.39 is 36.1 Å². The van der Waals surface area contributed by atoms with E-state index in [9.17, 15) is 19.5 Å². The molecule has 0 radical (unpaired) electrons. The van der Waals surface area contributed by atoms with E-state index >= 15 is 0 Å². The summed E-state index contributed by atoms with van der Waals surface area (Å²) in [5.41, 5.74) is 7.32. The van der Waals surface area contributed by atoms with Crippen molar-refractivity contribution in [3.63, 3.8) is 0 Å². The Hall–Kier alpha value is -3.39. The van der Waals surface area contributed by atoms with Crippen LogP contribution in [0.1, 0.15) is 30.9 Å². The molecule has 0 spiro atoms. The van der Waals surface area contributed by atoms with Crippen LogP contribution in [-0.2, 0) is 27.4 Å². The van der Waals surface area contributed by atoms with Gasteiger partial charge in [0.1, 0.15) is 18.7 Å². The molecule has 0 fully saturated rings. The number of carbonyl (C=O) groups excluding carboxylic acids is 3. The molecule has 31 heavy (non-hydrogen) atoms. The zero-order valence-electron chi connectivity index (χ0n) is 17.5. The quantitative estimate of drug-likeness (QED) is 0.433. The lowest BCUT2D eigenvalue weighted by Gasteiger charge is -2.23. The van der Waals surface area contributed by atoms with Gasteiger partial charge in [-0.15, -0.1) is 0 Å². The van der Waals surface area contributed by atoms with Gasteiger partial charge in [0.05, 0.1) is 6.10 Å². The Morgan fingerprint density at radius 1 is 0.968 bits per heavy atom. The molecule has 0 bridgehead atoms. The van der Waals surface area contributed by atoms with Crippen LogP contribution in [0, 0.1) is 0 Å². The fourth-order valence-corrected chi connectivity index (χ4v) is 3.00. The van der Waals surface area contributed by atoms with Crippen LogP contribution < -0.4 is 16.4 Å². The molecule has 0 aliphatic carbocycles. The Bertz CT molecular complexity index is 843. The summed E-state index contributed by atoms with van der Waals surface area (Å²) < 4.78 is 5.09. The lowest BCUT2D eigenvalue weighted by Crippen LogP contribution is -2.56. The second kappa shape index (κ2) is 12.3. The summed E-state index contributed by atoms with van der Waals surface area (Å²) in [6, 6.07) is 16.6. The van der Waals surface area contributed by atoms with Gasteiger partial charge in [-0.3, -0.25) is 9.59 Å². The topological polar surface area (TPSA) is 131 Å². The third-order valence-electron chi connectivity index (χ3n) is 4.71. The van der Waals surface area contributed by atoms with Gasteiger partial charge in [-0.1, -0.05) is 60.7 Å². The van der Waals surface area contributed by atoms with Crippen LogP contribution in [0.5, 0.6) is 0 Å². The minimum Gasteiger partial charge on any atom is -0.445 e. The predicted octanol–water partition coefficient (Wildman–Crippen LogP) is 1.66. The first kappa shape index (κ1) is 23.9. The molecule has 0 unspecified atom stereocenters. The Balaban J connectivity index is 1.87. The maximum Gasteiger partial charge on any atom is 0.408 e. The molecule has 3 atom stereocenters. The molecule has 0 aliphatic heterocycles. The van der Waals surface area contributed by atoms with Crippen molar-refractivity contribution in [1.82, 2.24) is 10.6 Å². The Morgan fingerprint density at radius 3 is 2.10 bits per heavy atom. The molecule has 2 rings (SSSR count). The van der Waals surface area contributed by atoms with Crippen LogP contribution in [0.25, 0.3) is 0 Å². The smallest absolute Gasteiger partial charge is 0.408 e. The van der Waals surface area contributed by atoms with E-state index in [1.165, 1.54) is 6.92 Å². The molecule has 166 valence electrons. The molecule has 3 amide bonds. The van der Waals surface area contributed by atoms with Crippen molar-refractivity contribution in [3.8, 4) is 0 Å². The number of carbonyl (C=O) groups is 3. The highest BCUT2D eigenvalue weighted by molar-refractivity contribution is 5.91. The molecule has 2 aromatic rings. The number of nitrogens with one attached hydrogen (secondary N) is 2. The van der Waals surface area contributed by atoms with Crippen LogP contribution in [0.15, 0.2) is 60.7 Å². The number of rotatable bonds is 11. The summed E-state index contributed by atoms with van der Waals surface area (Å²) >= 11 is 0. The Kier molecular flexibility index (Phi) is 9.51. The molecule has 5 N–H and O–H groups in total. The van der Waals surface area contributed by atoms with Crippen LogP contribution in [-0.4, -0.2) is 41.2 Å². The van der Waals surface area contributed by atoms with Crippen LogP contribution in [0.3, 0.4) is 0 Å². The zero-order valence-corrected chi connectivity index (χ0v) is 17.5. The second-order valence-corrected chi connectivity index (χ2v) is 7.27. The number of hydrogen-bond donors (Lipinski definition) is 4. The summed E-state index contributed by atoms with van der Waals surface area (Å²) in [6.07, 6.45) is -0.374. The second-order valence-electron chi connectivity index (χ2n) is 7.27. The number of aliphatic hydroxyl groups is 1. The van der Waals surface area contributed by atoms with Crippen molar-refractivity contribution >= 4 is 17.9 Å². The average molecular weight is 428 g/mol. The molecule has 8 nitrogen and oxygen atoms in total. The number of aliphatic hydroxyl groups excluding tert-OH is 1. The maximum absolute atomic E-state index is 12.6. The molecule has 8 heteroatoms.